The lowest BCUT2D eigenvalue weighted by Gasteiger charge is -2.10. The maximum absolute atomic E-state index is 13.8. The molecular weight excluding hydrogens is 231 g/mol. The third-order valence-corrected chi connectivity index (χ3v) is 2.94. The highest BCUT2D eigenvalue weighted by molar-refractivity contribution is 5.79. The number of halogens is 1. The van der Waals surface area contributed by atoms with E-state index in [4.69, 9.17) is 0 Å². The molecule has 1 heterocycles. The van der Waals surface area contributed by atoms with Gasteiger partial charge in [0.15, 0.2) is 0 Å². The Hall–Kier alpha value is -1.52. The molecule has 1 unspecified atom stereocenters. The lowest BCUT2D eigenvalue weighted by atomic mass is 10.1. The van der Waals surface area contributed by atoms with E-state index in [1.807, 2.05) is 19.1 Å². The van der Waals surface area contributed by atoms with Gasteiger partial charge in [-0.2, -0.15) is 0 Å². The molecule has 96 valence electrons. The molecule has 2 rings (SSSR count). The van der Waals surface area contributed by atoms with Crippen molar-refractivity contribution >= 4 is 10.9 Å². The lowest BCUT2D eigenvalue weighted by Crippen LogP contribution is -2.26. The largest absolute Gasteiger partial charge is 0.392 e. The molecule has 1 aromatic heterocycles. The number of fused-ring (bicyclic) bond motifs is 1. The molecule has 2 aromatic rings. The van der Waals surface area contributed by atoms with Crippen LogP contribution in [0.25, 0.3) is 10.9 Å². The predicted molar refractivity (Wildman–Crippen MR) is 69.7 cm³/mol. The Balaban J connectivity index is 2.10. The number of aliphatic hydroxyl groups is 1. The molecule has 0 saturated carbocycles. The molecule has 0 radical (unpaired) electrons. The summed E-state index contributed by atoms with van der Waals surface area (Å²) in [6.07, 6.45) is 1.96. The van der Waals surface area contributed by atoms with Gasteiger partial charge in [0.2, 0.25) is 0 Å². The van der Waals surface area contributed by atoms with Gasteiger partial charge in [-0.3, -0.25) is 4.98 Å². The lowest BCUT2D eigenvalue weighted by molar-refractivity contribution is 0.167. The first-order valence-electron chi connectivity index (χ1n) is 6.12. The summed E-state index contributed by atoms with van der Waals surface area (Å²) in [5, 5.41) is 13.4. The summed E-state index contributed by atoms with van der Waals surface area (Å²) >= 11 is 0. The van der Waals surface area contributed by atoms with E-state index in [1.54, 1.807) is 12.3 Å². The molecule has 1 aromatic carbocycles. The zero-order valence-corrected chi connectivity index (χ0v) is 10.4. The topological polar surface area (TPSA) is 45.1 Å². The molecule has 4 heteroatoms. The van der Waals surface area contributed by atoms with E-state index in [2.05, 4.69) is 10.3 Å². The van der Waals surface area contributed by atoms with Crippen molar-refractivity contribution < 1.29 is 9.50 Å². The van der Waals surface area contributed by atoms with E-state index < -0.39 is 0 Å². The van der Waals surface area contributed by atoms with Gasteiger partial charge < -0.3 is 10.4 Å². The van der Waals surface area contributed by atoms with Crippen LogP contribution in [0.4, 0.5) is 4.39 Å². The van der Waals surface area contributed by atoms with Crippen LogP contribution in [-0.2, 0) is 6.54 Å². The number of hydrogen-bond donors (Lipinski definition) is 2. The molecule has 2 N–H and O–H groups in total. The Morgan fingerprint density at radius 1 is 1.44 bits per heavy atom. The van der Waals surface area contributed by atoms with Crippen LogP contribution in [0.1, 0.15) is 18.9 Å². The van der Waals surface area contributed by atoms with Crippen molar-refractivity contribution in [2.45, 2.75) is 26.0 Å². The van der Waals surface area contributed by atoms with Gasteiger partial charge in [0, 0.05) is 36.3 Å². The number of rotatable bonds is 5. The molecule has 0 aliphatic carbocycles. The second-order valence-corrected chi connectivity index (χ2v) is 4.33. The summed E-state index contributed by atoms with van der Waals surface area (Å²) < 4.78 is 13.8. The molecule has 1 atom stereocenters. The minimum Gasteiger partial charge on any atom is -0.392 e. The van der Waals surface area contributed by atoms with Crippen molar-refractivity contribution in [1.82, 2.24) is 10.3 Å². The van der Waals surface area contributed by atoms with Crippen molar-refractivity contribution in [3.63, 3.8) is 0 Å². The monoisotopic (exact) mass is 248 g/mol. The molecule has 0 saturated heterocycles. The number of hydrogen-bond acceptors (Lipinski definition) is 3. The quantitative estimate of drug-likeness (QED) is 0.853. The van der Waals surface area contributed by atoms with Crippen LogP contribution in [0, 0.1) is 5.82 Å². The van der Waals surface area contributed by atoms with Crippen LogP contribution in [0.5, 0.6) is 0 Å². The van der Waals surface area contributed by atoms with E-state index in [1.165, 1.54) is 6.07 Å². The minimum atomic E-state index is -0.379. The molecule has 18 heavy (non-hydrogen) atoms. The zero-order valence-electron chi connectivity index (χ0n) is 10.4. The maximum atomic E-state index is 13.8. The van der Waals surface area contributed by atoms with Gasteiger partial charge in [0.25, 0.3) is 0 Å². The highest BCUT2D eigenvalue weighted by Gasteiger charge is 2.06. The fraction of sp³-hybridized carbons (Fsp3) is 0.357. The zero-order chi connectivity index (χ0) is 13.0. The Morgan fingerprint density at radius 3 is 3.06 bits per heavy atom. The summed E-state index contributed by atoms with van der Waals surface area (Å²) in [6, 6.07) is 6.98. The first-order valence-corrected chi connectivity index (χ1v) is 6.12. The Morgan fingerprint density at radius 2 is 2.28 bits per heavy atom. The molecule has 0 amide bonds. The van der Waals surface area contributed by atoms with Crippen LogP contribution < -0.4 is 5.32 Å². The van der Waals surface area contributed by atoms with E-state index in [0.29, 0.717) is 30.6 Å². The first-order chi connectivity index (χ1) is 8.70. The number of nitrogens with zero attached hydrogens (tertiary/aromatic N) is 1. The number of nitrogens with one attached hydrogen (secondary N) is 1. The summed E-state index contributed by atoms with van der Waals surface area (Å²) in [5.74, 6) is -0.264. The number of pyridine rings is 1. The average molecular weight is 248 g/mol. The summed E-state index contributed by atoms with van der Waals surface area (Å²) in [5.41, 5.74) is 1.26. The third-order valence-electron chi connectivity index (χ3n) is 2.94. The SMILES string of the molecule is CCC(O)CNCc1cc2cccnc2cc1F. The van der Waals surface area contributed by atoms with E-state index in [9.17, 15) is 9.50 Å². The van der Waals surface area contributed by atoms with Gasteiger partial charge >= 0.3 is 0 Å². The number of benzene rings is 1. The van der Waals surface area contributed by atoms with E-state index in [0.717, 1.165) is 5.39 Å². The van der Waals surface area contributed by atoms with Crippen LogP contribution in [0.15, 0.2) is 30.5 Å². The van der Waals surface area contributed by atoms with Crippen molar-refractivity contribution in [1.29, 1.82) is 0 Å². The van der Waals surface area contributed by atoms with Gasteiger partial charge in [-0.05, 0) is 18.6 Å². The average Bonchev–Trinajstić information content (AvgIpc) is 2.39. The first kappa shape index (κ1) is 12.9. The third kappa shape index (κ3) is 3.03. The molecule has 0 aliphatic heterocycles. The predicted octanol–water partition coefficient (Wildman–Crippen LogP) is 2.23. The highest BCUT2D eigenvalue weighted by atomic mass is 19.1. The number of aromatic nitrogens is 1. The van der Waals surface area contributed by atoms with Gasteiger partial charge in [-0.25, -0.2) is 4.39 Å². The Kier molecular flexibility index (Phi) is 4.23. The second kappa shape index (κ2) is 5.89. The van der Waals surface area contributed by atoms with Gasteiger partial charge in [-0.1, -0.05) is 13.0 Å². The Bertz CT molecular complexity index is 530. The fourth-order valence-electron chi connectivity index (χ4n) is 1.80. The van der Waals surface area contributed by atoms with Crippen LogP contribution in [0.3, 0.4) is 0 Å². The van der Waals surface area contributed by atoms with Crippen molar-refractivity contribution in [2.24, 2.45) is 0 Å². The maximum Gasteiger partial charge on any atom is 0.129 e. The second-order valence-electron chi connectivity index (χ2n) is 4.33. The standard InChI is InChI=1S/C14H17FN2O/c1-2-12(18)9-16-8-11-6-10-4-3-5-17-14(10)7-13(11)15/h3-7,12,16,18H,2,8-9H2,1H3. The van der Waals surface area contributed by atoms with Crippen LogP contribution >= 0.6 is 0 Å². The Labute approximate surface area is 106 Å². The van der Waals surface area contributed by atoms with Gasteiger partial charge in [0.05, 0.1) is 11.6 Å². The van der Waals surface area contributed by atoms with Crippen molar-refractivity contribution in [3.05, 3.63) is 41.8 Å². The summed E-state index contributed by atoms with van der Waals surface area (Å²) in [7, 11) is 0. The highest BCUT2D eigenvalue weighted by Crippen LogP contribution is 2.17. The fourth-order valence-corrected chi connectivity index (χ4v) is 1.80. The summed E-state index contributed by atoms with van der Waals surface area (Å²) in [4.78, 5) is 4.10. The molecule has 0 bridgehead atoms. The molecule has 0 spiro atoms. The molecule has 3 nitrogen and oxygen atoms in total. The van der Waals surface area contributed by atoms with Crippen LogP contribution in [0.2, 0.25) is 0 Å². The molecule has 0 aliphatic rings. The minimum absolute atomic E-state index is 0.264. The molecular formula is C14H17FN2O. The van der Waals surface area contributed by atoms with Crippen molar-refractivity contribution in [2.75, 3.05) is 6.54 Å². The van der Waals surface area contributed by atoms with Gasteiger partial charge in [0.1, 0.15) is 5.82 Å². The number of aliphatic hydroxyl groups excluding tert-OH is 1. The normalized spacial score (nSPS) is 12.8. The van der Waals surface area contributed by atoms with Crippen LogP contribution in [-0.4, -0.2) is 22.7 Å². The van der Waals surface area contributed by atoms with Crippen molar-refractivity contribution in [3.8, 4) is 0 Å². The smallest absolute Gasteiger partial charge is 0.129 e. The van der Waals surface area contributed by atoms with Gasteiger partial charge in [-0.15, -0.1) is 0 Å². The van der Waals surface area contributed by atoms with E-state index >= 15 is 0 Å². The van der Waals surface area contributed by atoms with E-state index in [-0.39, 0.29) is 11.9 Å². The molecule has 0 fully saturated rings. The summed E-state index contributed by atoms with van der Waals surface area (Å²) in [6.45, 7) is 2.80.